The molecule has 44 heavy (non-hydrogen) atoms. The van der Waals surface area contributed by atoms with Crippen molar-refractivity contribution in [1.29, 1.82) is 0 Å². The molecule has 0 saturated heterocycles. The third-order valence-electron chi connectivity index (χ3n) is 8.52. The summed E-state index contributed by atoms with van der Waals surface area (Å²) in [6.07, 6.45) is 2.97. The topological polar surface area (TPSA) is 65.0 Å². The Balaban J connectivity index is 1.27. The Labute approximate surface area is 253 Å². The van der Waals surface area contributed by atoms with Gasteiger partial charge in [-0.2, -0.15) is 0 Å². The second-order valence-corrected chi connectivity index (χ2v) is 11.1. The first-order chi connectivity index (χ1) is 21.8. The van der Waals surface area contributed by atoms with Crippen molar-refractivity contribution in [1.82, 2.24) is 15.0 Å². The summed E-state index contributed by atoms with van der Waals surface area (Å²) in [5.74, 6) is 2.78. The van der Waals surface area contributed by atoms with Crippen LogP contribution in [0, 0.1) is 0 Å². The molecular formula is C39H25N3O2. The van der Waals surface area contributed by atoms with E-state index in [0.29, 0.717) is 23.9 Å². The average molecular weight is 568 g/mol. The van der Waals surface area contributed by atoms with Crippen molar-refractivity contribution in [3.05, 3.63) is 156 Å². The number of fused-ring (bicyclic) bond motifs is 6. The first-order valence-electron chi connectivity index (χ1n) is 14.8. The van der Waals surface area contributed by atoms with Crippen LogP contribution < -0.4 is 0 Å². The number of hydrogen-bond donors (Lipinski definition) is 0. The quantitative estimate of drug-likeness (QED) is 0.212. The zero-order valence-corrected chi connectivity index (χ0v) is 23.6. The van der Waals surface area contributed by atoms with E-state index >= 15 is 0 Å². The fraction of sp³-hybridized carbons (Fsp3) is 0.0513. The number of rotatable bonds is 4. The van der Waals surface area contributed by atoms with Gasteiger partial charge in [-0.15, -0.1) is 0 Å². The van der Waals surface area contributed by atoms with Crippen LogP contribution in [0.3, 0.4) is 0 Å². The molecule has 1 aliphatic carbocycles. The van der Waals surface area contributed by atoms with Gasteiger partial charge in [0.15, 0.2) is 17.5 Å². The number of furan rings is 2. The van der Waals surface area contributed by atoms with E-state index < -0.39 is 0 Å². The summed E-state index contributed by atoms with van der Waals surface area (Å²) in [7, 11) is 0. The maximum absolute atomic E-state index is 6.71. The number of benzene rings is 5. The van der Waals surface area contributed by atoms with Crippen molar-refractivity contribution in [2.75, 3.05) is 0 Å². The van der Waals surface area contributed by atoms with Crippen LogP contribution in [0.2, 0.25) is 0 Å². The summed E-state index contributed by atoms with van der Waals surface area (Å²) in [6, 6.07) is 43.0. The molecule has 8 aromatic rings. The number of allylic oxidation sites excluding steroid dienone is 1. The van der Waals surface area contributed by atoms with Crippen LogP contribution >= 0.6 is 0 Å². The smallest absolute Gasteiger partial charge is 0.164 e. The number of nitrogens with zero attached hydrogens (tertiary/aromatic N) is 3. The Kier molecular flexibility index (Phi) is 5.56. The van der Waals surface area contributed by atoms with Crippen molar-refractivity contribution >= 4 is 38.5 Å². The Bertz CT molecular complexity index is 2310. The lowest BCUT2D eigenvalue weighted by Gasteiger charge is -2.22. The van der Waals surface area contributed by atoms with Crippen molar-refractivity contribution in [3.63, 3.8) is 0 Å². The predicted molar refractivity (Wildman–Crippen MR) is 174 cm³/mol. The normalized spacial score (nSPS) is 14.6. The summed E-state index contributed by atoms with van der Waals surface area (Å²) >= 11 is 0. The van der Waals surface area contributed by atoms with Crippen LogP contribution in [0.4, 0.5) is 0 Å². The molecule has 208 valence electrons. The second kappa shape index (κ2) is 9.89. The molecule has 1 aliphatic rings. The standard InChI is InChI=1S/C39H25N3O2/c1-3-12-24(13-4-1)37-40-38(25-14-5-2-6-15-25)42-39(41-37)31-23-22-29(36-34(31)30-17-8-10-21-33(30)44-36)28-19-11-18-27-26-16-7-9-20-32(26)43-35(27)28/h1-21,23,29H,22H2. The molecule has 0 N–H and O–H groups in total. The summed E-state index contributed by atoms with van der Waals surface area (Å²) in [5, 5.41) is 3.27. The van der Waals surface area contributed by atoms with Gasteiger partial charge in [-0.3, -0.25) is 0 Å². The highest BCUT2D eigenvalue weighted by Gasteiger charge is 2.33. The minimum absolute atomic E-state index is 0.0329. The second-order valence-electron chi connectivity index (χ2n) is 11.1. The minimum atomic E-state index is -0.0329. The van der Waals surface area contributed by atoms with E-state index in [4.69, 9.17) is 23.8 Å². The summed E-state index contributed by atoms with van der Waals surface area (Å²) in [5.41, 5.74) is 7.60. The Morgan fingerprint density at radius 1 is 0.500 bits per heavy atom. The molecule has 0 saturated carbocycles. The Hall–Kier alpha value is -5.81. The van der Waals surface area contributed by atoms with E-state index in [-0.39, 0.29) is 5.92 Å². The lowest BCUT2D eigenvalue weighted by Crippen LogP contribution is -2.10. The van der Waals surface area contributed by atoms with Gasteiger partial charge in [-0.1, -0.05) is 121 Å². The average Bonchev–Trinajstić information content (AvgIpc) is 3.68. The molecule has 0 spiro atoms. The molecule has 0 radical (unpaired) electrons. The van der Waals surface area contributed by atoms with Gasteiger partial charge >= 0.3 is 0 Å². The molecule has 0 bridgehead atoms. The van der Waals surface area contributed by atoms with Crippen molar-refractivity contribution < 1.29 is 8.83 Å². The molecule has 0 aliphatic heterocycles. The molecule has 9 rings (SSSR count). The van der Waals surface area contributed by atoms with E-state index in [0.717, 1.165) is 66.5 Å². The van der Waals surface area contributed by atoms with Crippen molar-refractivity contribution in [2.24, 2.45) is 0 Å². The monoisotopic (exact) mass is 567 g/mol. The summed E-state index contributed by atoms with van der Waals surface area (Å²) in [4.78, 5) is 15.0. The highest BCUT2D eigenvalue weighted by molar-refractivity contribution is 6.06. The van der Waals surface area contributed by atoms with Gasteiger partial charge in [-0.25, -0.2) is 15.0 Å². The van der Waals surface area contributed by atoms with Crippen LogP contribution in [-0.2, 0) is 0 Å². The van der Waals surface area contributed by atoms with E-state index in [1.54, 1.807) is 0 Å². The Morgan fingerprint density at radius 2 is 1.07 bits per heavy atom. The molecule has 5 heteroatoms. The third kappa shape index (κ3) is 3.90. The highest BCUT2D eigenvalue weighted by atomic mass is 16.3. The van der Waals surface area contributed by atoms with Crippen LogP contribution in [0.15, 0.2) is 142 Å². The Morgan fingerprint density at radius 3 is 1.77 bits per heavy atom. The fourth-order valence-electron chi connectivity index (χ4n) is 6.48. The molecule has 0 amide bonds. The lowest BCUT2D eigenvalue weighted by atomic mass is 9.82. The van der Waals surface area contributed by atoms with E-state index in [2.05, 4.69) is 48.5 Å². The van der Waals surface area contributed by atoms with Crippen molar-refractivity contribution in [2.45, 2.75) is 12.3 Å². The number of aromatic nitrogens is 3. The van der Waals surface area contributed by atoms with Gasteiger partial charge in [0, 0.05) is 49.9 Å². The van der Waals surface area contributed by atoms with Gasteiger partial charge in [0.1, 0.15) is 22.5 Å². The molecule has 1 atom stereocenters. The van der Waals surface area contributed by atoms with Crippen LogP contribution in [0.1, 0.15) is 35.1 Å². The minimum Gasteiger partial charge on any atom is -0.460 e. The van der Waals surface area contributed by atoms with Crippen LogP contribution in [-0.4, -0.2) is 15.0 Å². The molecule has 0 fully saturated rings. The molecule has 5 aromatic carbocycles. The van der Waals surface area contributed by atoms with Gasteiger partial charge in [0.2, 0.25) is 0 Å². The van der Waals surface area contributed by atoms with Gasteiger partial charge in [0.25, 0.3) is 0 Å². The molecule has 3 aromatic heterocycles. The highest BCUT2D eigenvalue weighted by Crippen LogP contribution is 2.47. The first kappa shape index (κ1) is 24.8. The number of hydrogen-bond acceptors (Lipinski definition) is 5. The molecule has 3 heterocycles. The first-order valence-corrected chi connectivity index (χ1v) is 14.8. The number of para-hydroxylation sites is 3. The van der Waals surface area contributed by atoms with Crippen LogP contribution in [0.25, 0.3) is 61.3 Å². The van der Waals surface area contributed by atoms with E-state index in [1.807, 2.05) is 84.9 Å². The zero-order chi connectivity index (χ0) is 29.0. The van der Waals surface area contributed by atoms with E-state index in [1.165, 1.54) is 0 Å². The third-order valence-corrected chi connectivity index (χ3v) is 8.52. The predicted octanol–water partition coefficient (Wildman–Crippen LogP) is 9.82. The SMILES string of the molecule is C1=C(c2nc(-c3ccccc3)nc(-c3ccccc3)n2)c2c(oc3ccccc23)C(c2cccc3c2oc2ccccc23)C1. The van der Waals surface area contributed by atoms with Gasteiger partial charge in [-0.05, 0) is 18.6 Å². The van der Waals surface area contributed by atoms with E-state index in [9.17, 15) is 0 Å². The van der Waals surface area contributed by atoms with Gasteiger partial charge in [0.05, 0.1) is 0 Å². The van der Waals surface area contributed by atoms with Crippen molar-refractivity contribution in [3.8, 4) is 22.8 Å². The maximum atomic E-state index is 6.71. The maximum Gasteiger partial charge on any atom is 0.164 e. The molecular weight excluding hydrogens is 542 g/mol. The van der Waals surface area contributed by atoms with Gasteiger partial charge < -0.3 is 8.83 Å². The largest absolute Gasteiger partial charge is 0.460 e. The fourth-order valence-corrected chi connectivity index (χ4v) is 6.48. The summed E-state index contributed by atoms with van der Waals surface area (Å²) < 4.78 is 13.2. The molecule has 1 unspecified atom stereocenters. The molecule has 5 nitrogen and oxygen atoms in total. The lowest BCUT2D eigenvalue weighted by molar-refractivity contribution is 0.513. The zero-order valence-electron chi connectivity index (χ0n) is 23.6. The summed E-state index contributed by atoms with van der Waals surface area (Å²) in [6.45, 7) is 0. The van der Waals surface area contributed by atoms with Crippen LogP contribution in [0.5, 0.6) is 0 Å².